The van der Waals surface area contributed by atoms with E-state index in [4.69, 9.17) is 5.73 Å². The van der Waals surface area contributed by atoms with Gasteiger partial charge in [-0.05, 0) is 25.5 Å². The summed E-state index contributed by atoms with van der Waals surface area (Å²) < 4.78 is 0. The molecule has 1 atom stereocenters. The monoisotopic (exact) mass is 220 g/mol. The third kappa shape index (κ3) is 1.93. The summed E-state index contributed by atoms with van der Waals surface area (Å²) in [5, 5.41) is 9.90. The largest absolute Gasteiger partial charge is 0.508 e. The maximum absolute atomic E-state index is 9.90. The third-order valence-corrected chi connectivity index (χ3v) is 3.46. The zero-order valence-electron chi connectivity index (χ0n) is 9.98. The highest BCUT2D eigenvalue weighted by Gasteiger charge is 2.27. The first kappa shape index (κ1) is 11.4. The van der Waals surface area contributed by atoms with E-state index in [2.05, 4.69) is 24.8 Å². The van der Waals surface area contributed by atoms with Crippen LogP contribution < -0.4 is 5.73 Å². The Balaban J connectivity index is 2.38. The van der Waals surface area contributed by atoms with Gasteiger partial charge in [-0.3, -0.25) is 4.90 Å². The normalized spacial score (nSPS) is 21.1. The molecule has 1 aromatic carbocycles. The van der Waals surface area contributed by atoms with Crippen molar-refractivity contribution in [2.24, 2.45) is 5.73 Å². The Hall–Kier alpha value is -1.06. The van der Waals surface area contributed by atoms with Crippen molar-refractivity contribution >= 4 is 0 Å². The Labute approximate surface area is 96.9 Å². The molecular formula is C13H20N2O. The van der Waals surface area contributed by atoms with Gasteiger partial charge in [0.05, 0.1) is 0 Å². The molecule has 0 amide bonds. The molecule has 3 nitrogen and oxygen atoms in total. The number of aromatic hydroxyl groups is 1. The summed E-state index contributed by atoms with van der Waals surface area (Å²) >= 11 is 0. The Kier molecular flexibility index (Phi) is 3.17. The average Bonchev–Trinajstić information content (AvgIpc) is 2.28. The Morgan fingerprint density at radius 3 is 2.88 bits per heavy atom. The predicted molar refractivity (Wildman–Crippen MR) is 65.4 cm³/mol. The number of phenolic OH excluding ortho intramolecular Hbond substituents is 1. The van der Waals surface area contributed by atoms with Crippen molar-refractivity contribution in [3.63, 3.8) is 0 Å². The van der Waals surface area contributed by atoms with E-state index in [9.17, 15) is 5.11 Å². The first-order valence-corrected chi connectivity index (χ1v) is 5.88. The summed E-state index contributed by atoms with van der Waals surface area (Å²) in [7, 11) is 0. The highest BCUT2D eigenvalue weighted by Crippen LogP contribution is 2.33. The summed E-state index contributed by atoms with van der Waals surface area (Å²) in [6.07, 6.45) is 0. The van der Waals surface area contributed by atoms with Gasteiger partial charge < -0.3 is 10.8 Å². The van der Waals surface area contributed by atoms with Crippen molar-refractivity contribution in [3.05, 3.63) is 29.3 Å². The predicted octanol–water partition coefficient (Wildman–Crippen LogP) is 1.66. The van der Waals surface area contributed by atoms with E-state index in [-0.39, 0.29) is 0 Å². The van der Waals surface area contributed by atoms with Crippen LogP contribution in [0.25, 0.3) is 0 Å². The van der Waals surface area contributed by atoms with Crippen molar-refractivity contribution in [2.75, 3.05) is 13.1 Å². The number of hydrogen-bond acceptors (Lipinski definition) is 3. The number of hydrogen-bond donors (Lipinski definition) is 2. The number of fused-ring (bicyclic) bond motifs is 1. The average molecular weight is 220 g/mol. The van der Waals surface area contributed by atoms with Crippen molar-refractivity contribution in [3.8, 4) is 5.75 Å². The fourth-order valence-corrected chi connectivity index (χ4v) is 2.39. The van der Waals surface area contributed by atoms with Gasteiger partial charge in [-0.2, -0.15) is 0 Å². The lowest BCUT2D eigenvalue weighted by Crippen LogP contribution is -2.40. The molecular weight excluding hydrogens is 200 g/mol. The maximum Gasteiger partial charge on any atom is 0.120 e. The van der Waals surface area contributed by atoms with Crippen LogP contribution in [-0.2, 0) is 6.54 Å². The van der Waals surface area contributed by atoms with Crippen LogP contribution in [0.2, 0.25) is 0 Å². The van der Waals surface area contributed by atoms with E-state index in [1.54, 1.807) is 6.07 Å². The van der Waals surface area contributed by atoms with Gasteiger partial charge in [-0.1, -0.05) is 12.1 Å². The molecule has 0 aromatic heterocycles. The Morgan fingerprint density at radius 1 is 1.50 bits per heavy atom. The molecule has 88 valence electrons. The van der Waals surface area contributed by atoms with E-state index >= 15 is 0 Å². The van der Waals surface area contributed by atoms with Crippen LogP contribution in [0.3, 0.4) is 0 Å². The van der Waals surface area contributed by atoms with Gasteiger partial charge in [0.25, 0.3) is 0 Å². The molecule has 1 aromatic rings. The van der Waals surface area contributed by atoms with Crippen LogP contribution in [0.5, 0.6) is 5.75 Å². The van der Waals surface area contributed by atoms with Gasteiger partial charge in [0, 0.05) is 37.2 Å². The van der Waals surface area contributed by atoms with Crippen LogP contribution in [0.15, 0.2) is 18.2 Å². The minimum atomic E-state index is 0.346. The summed E-state index contributed by atoms with van der Waals surface area (Å²) in [4.78, 5) is 2.36. The molecule has 1 unspecified atom stereocenters. The summed E-state index contributed by atoms with van der Waals surface area (Å²) in [6.45, 7) is 6.82. The molecule has 1 aliphatic rings. The van der Waals surface area contributed by atoms with Crippen LogP contribution in [0.1, 0.15) is 30.9 Å². The SMILES string of the molecule is CC(C)N1Cc2c(O)cccc2C(CN)C1. The molecule has 0 bridgehead atoms. The molecule has 0 saturated heterocycles. The number of nitrogens with two attached hydrogens (primary N) is 1. The number of nitrogens with zero attached hydrogens (tertiary/aromatic N) is 1. The summed E-state index contributed by atoms with van der Waals surface area (Å²) in [5.41, 5.74) is 8.10. The zero-order chi connectivity index (χ0) is 11.7. The van der Waals surface area contributed by atoms with E-state index < -0.39 is 0 Å². The van der Waals surface area contributed by atoms with E-state index in [0.29, 0.717) is 24.3 Å². The fraction of sp³-hybridized carbons (Fsp3) is 0.538. The second-order valence-corrected chi connectivity index (χ2v) is 4.80. The molecule has 0 saturated carbocycles. The smallest absolute Gasteiger partial charge is 0.120 e. The molecule has 1 aliphatic heterocycles. The van der Waals surface area contributed by atoms with Gasteiger partial charge in [0.15, 0.2) is 0 Å². The Bertz CT molecular complexity index is 376. The zero-order valence-corrected chi connectivity index (χ0v) is 9.98. The molecule has 0 fully saturated rings. The number of rotatable bonds is 2. The van der Waals surface area contributed by atoms with Crippen LogP contribution in [0, 0.1) is 0 Å². The second kappa shape index (κ2) is 4.44. The Morgan fingerprint density at radius 2 is 2.25 bits per heavy atom. The van der Waals surface area contributed by atoms with E-state index in [1.807, 2.05) is 6.07 Å². The second-order valence-electron chi connectivity index (χ2n) is 4.80. The van der Waals surface area contributed by atoms with Gasteiger partial charge >= 0.3 is 0 Å². The summed E-state index contributed by atoms with van der Waals surface area (Å²) in [6, 6.07) is 6.24. The lowest BCUT2D eigenvalue weighted by atomic mass is 9.88. The fourth-order valence-electron chi connectivity index (χ4n) is 2.39. The van der Waals surface area contributed by atoms with Crippen molar-refractivity contribution in [1.29, 1.82) is 0 Å². The highest BCUT2D eigenvalue weighted by atomic mass is 16.3. The molecule has 0 aliphatic carbocycles. The minimum Gasteiger partial charge on any atom is -0.508 e. The standard InChI is InChI=1S/C13H20N2O/c1-9(2)15-7-10(6-14)11-4-3-5-13(16)12(11)8-15/h3-5,9-10,16H,6-8,14H2,1-2H3. The molecule has 3 heteroatoms. The molecule has 16 heavy (non-hydrogen) atoms. The van der Waals surface area contributed by atoms with Crippen molar-refractivity contribution in [2.45, 2.75) is 32.4 Å². The molecule has 0 spiro atoms. The topological polar surface area (TPSA) is 49.5 Å². The van der Waals surface area contributed by atoms with E-state index in [1.165, 1.54) is 5.56 Å². The quantitative estimate of drug-likeness (QED) is 0.797. The lowest BCUT2D eigenvalue weighted by Gasteiger charge is -2.36. The lowest BCUT2D eigenvalue weighted by molar-refractivity contribution is 0.182. The number of benzene rings is 1. The van der Waals surface area contributed by atoms with Crippen LogP contribution in [0.4, 0.5) is 0 Å². The minimum absolute atomic E-state index is 0.346. The number of phenols is 1. The van der Waals surface area contributed by atoms with E-state index in [0.717, 1.165) is 18.7 Å². The van der Waals surface area contributed by atoms with Gasteiger partial charge in [-0.25, -0.2) is 0 Å². The van der Waals surface area contributed by atoms with Gasteiger partial charge in [0.1, 0.15) is 5.75 Å². The van der Waals surface area contributed by atoms with Gasteiger partial charge in [0.2, 0.25) is 0 Å². The maximum atomic E-state index is 9.90. The molecule has 1 heterocycles. The highest BCUT2D eigenvalue weighted by molar-refractivity contribution is 5.43. The van der Waals surface area contributed by atoms with Crippen molar-refractivity contribution < 1.29 is 5.11 Å². The molecule has 2 rings (SSSR count). The summed E-state index contributed by atoms with van der Waals surface area (Å²) in [5.74, 6) is 0.750. The van der Waals surface area contributed by atoms with Crippen LogP contribution in [-0.4, -0.2) is 29.1 Å². The molecule has 0 radical (unpaired) electrons. The van der Waals surface area contributed by atoms with Crippen LogP contribution >= 0.6 is 0 Å². The van der Waals surface area contributed by atoms with Crippen molar-refractivity contribution in [1.82, 2.24) is 4.90 Å². The third-order valence-electron chi connectivity index (χ3n) is 3.46. The van der Waals surface area contributed by atoms with Gasteiger partial charge in [-0.15, -0.1) is 0 Å². The molecule has 3 N–H and O–H groups in total. The first-order chi connectivity index (χ1) is 7.63. The first-order valence-electron chi connectivity index (χ1n) is 5.88.